The number of anilines is 1. The summed E-state index contributed by atoms with van der Waals surface area (Å²) >= 11 is 0. The van der Waals surface area contributed by atoms with Crippen LogP contribution in [0.3, 0.4) is 0 Å². The molecule has 1 fully saturated rings. The van der Waals surface area contributed by atoms with Crippen molar-refractivity contribution in [1.82, 2.24) is 19.8 Å². The number of hydrogen-bond donors (Lipinski definition) is 1. The Balaban J connectivity index is 1.68. The molecule has 9 heteroatoms. The summed E-state index contributed by atoms with van der Waals surface area (Å²) in [5, 5.41) is 0. The summed E-state index contributed by atoms with van der Waals surface area (Å²) in [4.78, 5) is 30.0. The van der Waals surface area contributed by atoms with Gasteiger partial charge < -0.3 is 25.0 Å². The standard InChI is InChI=1S/C28H40N6O3/c1-30-27(22-10-12-23(13-11-22)37-18-17-36-4)26-24(31-20-32-28(26)29)14-9-21-7-5-16-34(19-21)25(35)8-6-15-33(2)3/h6,8,10-13,20-21H,5,7,9,14-19H2,1-4H3,(H2,29,31,32)/b8-6+,30-27?/t21-/m0/s1. The van der Waals surface area contributed by atoms with Crippen molar-refractivity contribution < 1.29 is 14.3 Å². The first-order chi connectivity index (χ1) is 17.9. The molecule has 37 heavy (non-hydrogen) atoms. The van der Waals surface area contributed by atoms with Crippen molar-refractivity contribution in [3.05, 3.63) is 59.6 Å². The summed E-state index contributed by atoms with van der Waals surface area (Å²) in [6, 6.07) is 7.76. The van der Waals surface area contributed by atoms with E-state index in [9.17, 15) is 4.79 Å². The van der Waals surface area contributed by atoms with E-state index >= 15 is 0 Å². The number of aromatic nitrogens is 2. The minimum atomic E-state index is 0.0913. The van der Waals surface area contributed by atoms with Crippen LogP contribution in [0, 0.1) is 5.92 Å². The van der Waals surface area contributed by atoms with Gasteiger partial charge in [0.25, 0.3) is 0 Å². The number of aryl methyl sites for hydroxylation is 1. The van der Waals surface area contributed by atoms with E-state index in [0.717, 1.165) is 73.6 Å². The molecular formula is C28H40N6O3. The molecule has 0 unspecified atom stereocenters. The number of ether oxygens (including phenoxy) is 2. The normalized spacial score (nSPS) is 16.5. The lowest BCUT2D eigenvalue weighted by molar-refractivity contribution is -0.127. The van der Waals surface area contributed by atoms with Gasteiger partial charge in [-0.1, -0.05) is 6.08 Å². The smallest absolute Gasteiger partial charge is 0.246 e. The van der Waals surface area contributed by atoms with Crippen LogP contribution in [0.25, 0.3) is 0 Å². The van der Waals surface area contributed by atoms with Crippen molar-refractivity contribution >= 4 is 17.4 Å². The van der Waals surface area contributed by atoms with Gasteiger partial charge in [0.2, 0.25) is 5.91 Å². The minimum absolute atomic E-state index is 0.0913. The summed E-state index contributed by atoms with van der Waals surface area (Å²) < 4.78 is 10.7. The van der Waals surface area contributed by atoms with Crippen LogP contribution in [-0.4, -0.2) is 92.5 Å². The lowest BCUT2D eigenvalue weighted by atomic mass is 9.90. The highest BCUT2D eigenvalue weighted by Gasteiger charge is 2.24. The Bertz CT molecular complexity index is 1070. The van der Waals surface area contributed by atoms with Gasteiger partial charge in [0, 0.05) is 45.4 Å². The number of likely N-dealkylation sites (N-methyl/N-ethyl adjacent to an activating group) is 1. The summed E-state index contributed by atoms with van der Waals surface area (Å²) in [6.45, 7) is 3.35. The predicted molar refractivity (Wildman–Crippen MR) is 147 cm³/mol. The number of likely N-dealkylation sites (tertiary alicyclic amines) is 1. The van der Waals surface area contributed by atoms with Gasteiger partial charge in [-0.3, -0.25) is 9.79 Å². The number of aliphatic imine (C=N–C) groups is 1. The highest BCUT2D eigenvalue weighted by atomic mass is 16.5. The zero-order valence-corrected chi connectivity index (χ0v) is 22.5. The van der Waals surface area contributed by atoms with Gasteiger partial charge in [-0.25, -0.2) is 9.97 Å². The lowest BCUT2D eigenvalue weighted by Crippen LogP contribution is -2.39. The number of benzene rings is 1. The summed E-state index contributed by atoms with van der Waals surface area (Å²) in [6.07, 6.45) is 8.90. The van der Waals surface area contributed by atoms with Gasteiger partial charge in [0.1, 0.15) is 24.5 Å². The Morgan fingerprint density at radius 1 is 1.24 bits per heavy atom. The zero-order chi connectivity index (χ0) is 26.6. The molecule has 1 aliphatic rings. The third-order valence-electron chi connectivity index (χ3n) is 6.45. The Morgan fingerprint density at radius 2 is 2.03 bits per heavy atom. The quantitative estimate of drug-likeness (QED) is 0.267. The fourth-order valence-electron chi connectivity index (χ4n) is 4.53. The second kappa shape index (κ2) is 14.4. The number of carbonyl (C=O) groups is 1. The number of nitrogens with two attached hydrogens (primary N) is 1. The number of rotatable bonds is 12. The number of amides is 1. The first-order valence-corrected chi connectivity index (χ1v) is 12.8. The van der Waals surface area contributed by atoms with E-state index in [-0.39, 0.29) is 5.91 Å². The Kier molecular flexibility index (Phi) is 11.0. The molecule has 0 radical (unpaired) electrons. The van der Waals surface area contributed by atoms with Crippen LogP contribution in [0.5, 0.6) is 5.75 Å². The van der Waals surface area contributed by atoms with E-state index in [1.54, 1.807) is 20.2 Å². The first kappa shape index (κ1) is 28.3. The van der Waals surface area contributed by atoms with E-state index in [1.165, 1.54) is 6.33 Å². The topological polar surface area (TPSA) is 106 Å². The molecule has 1 aromatic heterocycles. The van der Waals surface area contributed by atoms with Gasteiger partial charge in [-0.15, -0.1) is 0 Å². The van der Waals surface area contributed by atoms with Crippen LogP contribution >= 0.6 is 0 Å². The van der Waals surface area contributed by atoms with Crippen molar-refractivity contribution in [2.45, 2.75) is 25.7 Å². The van der Waals surface area contributed by atoms with E-state index in [2.05, 4.69) is 15.0 Å². The van der Waals surface area contributed by atoms with Crippen molar-refractivity contribution in [2.24, 2.45) is 10.9 Å². The van der Waals surface area contributed by atoms with E-state index in [4.69, 9.17) is 15.2 Å². The molecule has 2 N–H and O–H groups in total. The maximum absolute atomic E-state index is 12.6. The molecule has 1 saturated heterocycles. The van der Waals surface area contributed by atoms with Crippen molar-refractivity contribution in [1.29, 1.82) is 0 Å². The zero-order valence-electron chi connectivity index (χ0n) is 22.5. The molecule has 1 aromatic carbocycles. The highest BCUT2D eigenvalue weighted by Crippen LogP contribution is 2.25. The third kappa shape index (κ3) is 8.36. The van der Waals surface area contributed by atoms with Crippen LogP contribution in [0.4, 0.5) is 5.82 Å². The molecule has 1 amide bonds. The van der Waals surface area contributed by atoms with E-state index < -0.39 is 0 Å². The van der Waals surface area contributed by atoms with Crippen molar-refractivity contribution in [2.75, 3.05) is 66.8 Å². The average Bonchev–Trinajstić information content (AvgIpc) is 2.90. The minimum Gasteiger partial charge on any atom is -0.491 e. The Hall–Kier alpha value is -3.30. The predicted octanol–water partition coefficient (Wildman–Crippen LogP) is 2.84. The van der Waals surface area contributed by atoms with Gasteiger partial charge in [0.15, 0.2) is 0 Å². The fraction of sp³-hybridized carbons (Fsp3) is 0.500. The number of hydrogen-bond acceptors (Lipinski definition) is 8. The van der Waals surface area contributed by atoms with Crippen LogP contribution in [0.15, 0.2) is 47.7 Å². The molecule has 0 saturated carbocycles. The van der Waals surface area contributed by atoms with Crippen LogP contribution in [-0.2, 0) is 16.0 Å². The summed E-state index contributed by atoms with van der Waals surface area (Å²) in [7, 11) is 7.38. The number of nitrogen functional groups attached to an aromatic ring is 1. The molecular weight excluding hydrogens is 468 g/mol. The second-order valence-electron chi connectivity index (χ2n) is 9.51. The second-order valence-corrected chi connectivity index (χ2v) is 9.51. The van der Waals surface area contributed by atoms with E-state index in [0.29, 0.717) is 24.9 Å². The molecule has 2 heterocycles. The fourth-order valence-corrected chi connectivity index (χ4v) is 4.53. The molecule has 9 nitrogen and oxygen atoms in total. The van der Waals surface area contributed by atoms with Gasteiger partial charge in [0.05, 0.1) is 23.6 Å². The van der Waals surface area contributed by atoms with E-state index in [1.807, 2.05) is 54.2 Å². The summed E-state index contributed by atoms with van der Waals surface area (Å²) in [5.41, 5.74) is 9.67. The highest BCUT2D eigenvalue weighted by molar-refractivity contribution is 6.15. The molecule has 0 bridgehead atoms. The van der Waals surface area contributed by atoms with Gasteiger partial charge in [-0.2, -0.15) is 0 Å². The van der Waals surface area contributed by atoms with Crippen molar-refractivity contribution in [3.63, 3.8) is 0 Å². The molecule has 1 aliphatic heterocycles. The first-order valence-electron chi connectivity index (χ1n) is 12.8. The lowest BCUT2D eigenvalue weighted by Gasteiger charge is -2.32. The molecule has 0 aliphatic carbocycles. The number of methoxy groups -OCH3 is 1. The number of piperidine rings is 1. The molecule has 2 aromatic rings. The third-order valence-corrected chi connectivity index (χ3v) is 6.45. The van der Waals surface area contributed by atoms with Crippen LogP contribution < -0.4 is 10.5 Å². The average molecular weight is 509 g/mol. The maximum atomic E-state index is 12.6. The SMILES string of the molecule is CN=C(c1ccc(OCCOC)cc1)c1c(N)ncnc1CC[C@@H]1CCCN(C(=O)/C=C/CN(C)C)C1. The Morgan fingerprint density at radius 3 is 2.73 bits per heavy atom. The van der Waals surface area contributed by atoms with Gasteiger partial charge in [-0.05, 0) is 70.0 Å². The molecule has 0 spiro atoms. The largest absolute Gasteiger partial charge is 0.491 e. The summed E-state index contributed by atoms with van der Waals surface area (Å²) in [5.74, 6) is 1.68. The number of nitrogens with zero attached hydrogens (tertiary/aromatic N) is 5. The molecule has 200 valence electrons. The molecule has 1 atom stereocenters. The maximum Gasteiger partial charge on any atom is 0.246 e. The number of carbonyl (C=O) groups excluding carboxylic acids is 1. The van der Waals surface area contributed by atoms with Crippen LogP contribution in [0.1, 0.15) is 36.1 Å². The molecule has 3 rings (SSSR count). The monoisotopic (exact) mass is 508 g/mol. The van der Waals surface area contributed by atoms with Crippen LogP contribution in [0.2, 0.25) is 0 Å². The Labute approximate surface area is 220 Å². The van der Waals surface area contributed by atoms with Crippen molar-refractivity contribution in [3.8, 4) is 5.75 Å². The van der Waals surface area contributed by atoms with Gasteiger partial charge >= 0.3 is 0 Å².